The predicted octanol–water partition coefficient (Wildman–Crippen LogP) is 4.21. The number of benzene rings is 2. The van der Waals surface area contributed by atoms with Crippen LogP contribution in [0.2, 0.25) is 0 Å². The van der Waals surface area contributed by atoms with Crippen molar-refractivity contribution in [3.63, 3.8) is 0 Å². The van der Waals surface area contributed by atoms with Crippen molar-refractivity contribution in [2.45, 2.75) is 32.7 Å². The van der Waals surface area contributed by atoms with E-state index in [9.17, 15) is 5.11 Å². The highest BCUT2D eigenvalue weighted by Gasteiger charge is 2.21. The van der Waals surface area contributed by atoms with Gasteiger partial charge in [0.15, 0.2) is 5.82 Å². The number of likely N-dealkylation sites (N-methyl/N-ethyl adjacent to an activating group) is 1. The SMILES string of the molecule is CCN1CCC[C@@H](Nc2nnc(-c3ccc(C)cc3O)c3ccccc23)C1. The van der Waals surface area contributed by atoms with E-state index in [-0.39, 0.29) is 5.75 Å². The molecule has 0 radical (unpaired) electrons. The summed E-state index contributed by atoms with van der Waals surface area (Å²) in [5.41, 5.74) is 2.45. The molecule has 2 aromatic carbocycles. The molecular formula is C22H26N4O. The fourth-order valence-corrected chi connectivity index (χ4v) is 3.91. The highest BCUT2D eigenvalue weighted by molar-refractivity contribution is 6.00. The minimum absolute atomic E-state index is 0.237. The summed E-state index contributed by atoms with van der Waals surface area (Å²) in [4.78, 5) is 2.47. The quantitative estimate of drug-likeness (QED) is 0.728. The van der Waals surface area contributed by atoms with Crippen LogP contribution in [-0.2, 0) is 0 Å². The Hall–Kier alpha value is -2.66. The van der Waals surface area contributed by atoms with Crippen LogP contribution in [0.15, 0.2) is 42.5 Å². The summed E-state index contributed by atoms with van der Waals surface area (Å²) in [7, 11) is 0. The summed E-state index contributed by atoms with van der Waals surface area (Å²) >= 11 is 0. The number of aryl methyl sites for hydroxylation is 1. The van der Waals surface area contributed by atoms with Crippen LogP contribution in [0.4, 0.5) is 5.82 Å². The molecule has 1 aliphatic heterocycles. The van der Waals surface area contributed by atoms with Gasteiger partial charge in [0.2, 0.25) is 0 Å². The number of hydrogen-bond donors (Lipinski definition) is 2. The maximum Gasteiger partial charge on any atom is 0.156 e. The first-order valence-electron chi connectivity index (χ1n) is 9.70. The lowest BCUT2D eigenvalue weighted by molar-refractivity contribution is 0.226. The highest BCUT2D eigenvalue weighted by Crippen LogP contribution is 2.35. The first-order chi connectivity index (χ1) is 13.2. The van der Waals surface area contributed by atoms with Crippen molar-refractivity contribution in [2.75, 3.05) is 25.0 Å². The van der Waals surface area contributed by atoms with Crippen molar-refractivity contribution >= 4 is 16.6 Å². The first kappa shape index (κ1) is 17.7. The molecule has 1 aromatic heterocycles. The second-order valence-electron chi connectivity index (χ2n) is 7.34. The Labute approximate surface area is 160 Å². The van der Waals surface area contributed by atoms with Crippen LogP contribution in [0.1, 0.15) is 25.3 Å². The van der Waals surface area contributed by atoms with Crippen LogP contribution >= 0.6 is 0 Å². The molecule has 2 N–H and O–H groups in total. The van der Waals surface area contributed by atoms with Gasteiger partial charge in [-0.25, -0.2) is 0 Å². The van der Waals surface area contributed by atoms with Crippen LogP contribution in [0.5, 0.6) is 5.75 Å². The van der Waals surface area contributed by atoms with Crippen LogP contribution in [-0.4, -0.2) is 45.9 Å². The number of piperidine rings is 1. The van der Waals surface area contributed by atoms with Crippen molar-refractivity contribution < 1.29 is 5.11 Å². The van der Waals surface area contributed by atoms with E-state index in [1.54, 1.807) is 6.07 Å². The molecule has 0 amide bonds. The Bertz CT molecular complexity index is 956. The summed E-state index contributed by atoms with van der Waals surface area (Å²) in [5, 5.41) is 25.0. The normalized spacial score (nSPS) is 17.9. The van der Waals surface area contributed by atoms with Gasteiger partial charge in [-0.2, -0.15) is 0 Å². The molecule has 4 rings (SSSR count). The summed E-state index contributed by atoms with van der Waals surface area (Å²) in [5.74, 6) is 1.06. The lowest BCUT2D eigenvalue weighted by Gasteiger charge is -2.32. The maximum atomic E-state index is 10.4. The molecule has 0 aliphatic carbocycles. The third kappa shape index (κ3) is 3.60. The number of likely N-dealkylation sites (tertiary alicyclic amines) is 1. The van der Waals surface area contributed by atoms with Gasteiger partial charge in [0, 0.05) is 28.9 Å². The third-order valence-electron chi connectivity index (χ3n) is 5.39. The Morgan fingerprint density at radius 3 is 2.74 bits per heavy atom. The number of hydrogen-bond acceptors (Lipinski definition) is 5. The van der Waals surface area contributed by atoms with Gasteiger partial charge in [0.1, 0.15) is 11.4 Å². The van der Waals surface area contributed by atoms with Gasteiger partial charge < -0.3 is 15.3 Å². The Morgan fingerprint density at radius 1 is 1.15 bits per heavy atom. The molecule has 1 aliphatic rings. The van der Waals surface area contributed by atoms with Gasteiger partial charge >= 0.3 is 0 Å². The van der Waals surface area contributed by atoms with E-state index in [2.05, 4.69) is 33.4 Å². The highest BCUT2D eigenvalue weighted by atomic mass is 16.3. The number of nitrogens with one attached hydrogen (secondary N) is 1. The smallest absolute Gasteiger partial charge is 0.156 e. The lowest BCUT2D eigenvalue weighted by atomic mass is 10.0. The van der Waals surface area contributed by atoms with Crippen LogP contribution in [0.25, 0.3) is 22.0 Å². The van der Waals surface area contributed by atoms with Gasteiger partial charge in [-0.3, -0.25) is 0 Å². The molecule has 140 valence electrons. The Morgan fingerprint density at radius 2 is 1.96 bits per heavy atom. The number of fused-ring (bicyclic) bond motifs is 1. The fourth-order valence-electron chi connectivity index (χ4n) is 3.91. The van der Waals surface area contributed by atoms with Gasteiger partial charge in [0.05, 0.1) is 0 Å². The molecular weight excluding hydrogens is 336 g/mol. The third-order valence-corrected chi connectivity index (χ3v) is 5.39. The van der Waals surface area contributed by atoms with Crippen molar-refractivity contribution in [1.29, 1.82) is 0 Å². The van der Waals surface area contributed by atoms with Gasteiger partial charge in [0.25, 0.3) is 0 Å². The number of aromatic hydroxyl groups is 1. The summed E-state index contributed by atoms with van der Waals surface area (Å²) < 4.78 is 0. The second-order valence-corrected chi connectivity index (χ2v) is 7.34. The van der Waals surface area contributed by atoms with Crippen molar-refractivity contribution in [3.8, 4) is 17.0 Å². The van der Waals surface area contributed by atoms with Crippen LogP contribution in [0, 0.1) is 6.92 Å². The molecule has 5 nitrogen and oxygen atoms in total. The Balaban J connectivity index is 1.72. The summed E-state index contributed by atoms with van der Waals surface area (Å²) in [6.07, 6.45) is 2.35. The van der Waals surface area contributed by atoms with Gasteiger partial charge in [-0.05, 0) is 50.6 Å². The Kier molecular flexibility index (Phi) is 4.94. The summed E-state index contributed by atoms with van der Waals surface area (Å²) in [6.45, 7) is 7.46. The molecule has 2 heterocycles. The number of phenols is 1. The van der Waals surface area contributed by atoms with Crippen LogP contribution < -0.4 is 5.32 Å². The minimum Gasteiger partial charge on any atom is -0.507 e. The molecule has 27 heavy (non-hydrogen) atoms. The molecule has 3 aromatic rings. The molecule has 0 saturated carbocycles. The number of anilines is 1. The monoisotopic (exact) mass is 362 g/mol. The van der Waals surface area contributed by atoms with E-state index < -0.39 is 0 Å². The van der Waals surface area contributed by atoms with E-state index in [1.165, 1.54) is 13.0 Å². The average molecular weight is 362 g/mol. The van der Waals surface area contributed by atoms with Crippen LogP contribution in [0.3, 0.4) is 0 Å². The number of nitrogens with zero attached hydrogens (tertiary/aromatic N) is 3. The number of rotatable bonds is 4. The zero-order chi connectivity index (χ0) is 18.8. The summed E-state index contributed by atoms with van der Waals surface area (Å²) in [6, 6.07) is 14.2. The molecule has 1 fully saturated rings. The predicted molar refractivity (Wildman–Crippen MR) is 110 cm³/mol. The lowest BCUT2D eigenvalue weighted by Crippen LogP contribution is -2.42. The zero-order valence-electron chi connectivity index (χ0n) is 15.9. The van der Waals surface area contributed by atoms with E-state index in [4.69, 9.17) is 0 Å². The van der Waals surface area contributed by atoms with Gasteiger partial charge in [-0.1, -0.05) is 37.3 Å². The van der Waals surface area contributed by atoms with E-state index in [0.29, 0.717) is 17.3 Å². The minimum atomic E-state index is 0.237. The van der Waals surface area contributed by atoms with Crippen molar-refractivity contribution in [1.82, 2.24) is 15.1 Å². The molecule has 0 unspecified atom stereocenters. The fraction of sp³-hybridized carbons (Fsp3) is 0.364. The zero-order valence-corrected chi connectivity index (χ0v) is 15.9. The molecule has 0 spiro atoms. The van der Waals surface area contributed by atoms with Crippen molar-refractivity contribution in [3.05, 3.63) is 48.0 Å². The topological polar surface area (TPSA) is 61.3 Å². The largest absolute Gasteiger partial charge is 0.507 e. The first-order valence-corrected chi connectivity index (χ1v) is 9.70. The van der Waals surface area contributed by atoms with Crippen molar-refractivity contribution in [2.24, 2.45) is 0 Å². The molecule has 1 atom stereocenters. The average Bonchev–Trinajstić information content (AvgIpc) is 2.69. The van der Waals surface area contributed by atoms with E-state index >= 15 is 0 Å². The molecule has 5 heteroatoms. The standard InChI is InChI=1S/C22H26N4O/c1-3-26-12-6-7-16(14-26)23-22-18-9-5-4-8-17(18)21(24-25-22)19-11-10-15(2)13-20(19)27/h4-5,8-11,13,16,27H,3,6-7,12,14H2,1-2H3,(H,23,25)/t16-/m1/s1. The van der Waals surface area contributed by atoms with Gasteiger partial charge in [-0.15, -0.1) is 10.2 Å². The number of aromatic nitrogens is 2. The molecule has 1 saturated heterocycles. The number of phenolic OH excluding ortho intramolecular Hbond substituents is 1. The maximum absolute atomic E-state index is 10.4. The van der Waals surface area contributed by atoms with E-state index in [1.807, 2.05) is 37.3 Å². The van der Waals surface area contributed by atoms with E-state index in [0.717, 1.165) is 41.7 Å². The molecule has 0 bridgehead atoms. The second kappa shape index (κ2) is 7.53.